The molecule has 0 aliphatic carbocycles. The van der Waals surface area contributed by atoms with Crippen LogP contribution in [0.5, 0.6) is 0 Å². The molecule has 0 bridgehead atoms. The van der Waals surface area contributed by atoms with Crippen LogP contribution in [0.4, 0.5) is 14.9 Å². The van der Waals surface area contributed by atoms with Crippen LogP contribution in [-0.2, 0) is 6.42 Å². The number of urea groups is 1. The van der Waals surface area contributed by atoms with E-state index in [4.69, 9.17) is 15.0 Å². The number of nitrogens with zero attached hydrogens (tertiary/aromatic N) is 5. The summed E-state index contributed by atoms with van der Waals surface area (Å²) in [7, 11) is 3.36. The number of imidazole rings is 1. The number of amides is 2. The summed E-state index contributed by atoms with van der Waals surface area (Å²) in [5.74, 6) is 0.310. The number of aromatic nitrogens is 4. The molecule has 38 heavy (non-hydrogen) atoms. The summed E-state index contributed by atoms with van der Waals surface area (Å²) >= 11 is 0. The molecule has 1 aliphatic rings. The van der Waals surface area contributed by atoms with E-state index in [1.54, 1.807) is 38.6 Å². The number of carbonyl (C=O) groups is 1. The van der Waals surface area contributed by atoms with Crippen molar-refractivity contribution >= 4 is 28.5 Å². The Labute approximate surface area is 218 Å². The van der Waals surface area contributed by atoms with Gasteiger partial charge in [-0.2, -0.15) is 0 Å². The van der Waals surface area contributed by atoms with Gasteiger partial charge in [0.05, 0.1) is 28.6 Å². The smallest absolute Gasteiger partial charge is 0.321 e. The molecule has 9 heteroatoms. The number of rotatable bonds is 4. The molecule has 1 aliphatic heterocycles. The molecule has 0 saturated heterocycles. The van der Waals surface area contributed by atoms with E-state index in [9.17, 15) is 9.18 Å². The maximum atomic E-state index is 14.6. The first kappa shape index (κ1) is 23.5. The maximum Gasteiger partial charge on any atom is 0.321 e. The zero-order chi connectivity index (χ0) is 26.2. The van der Waals surface area contributed by atoms with Gasteiger partial charge in [0.15, 0.2) is 5.82 Å². The van der Waals surface area contributed by atoms with E-state index in [2.05, 4.69) is 15.3 Å². The number of pyridine rings is 2. The highest BCUT2D eigenvalue weighted by Crippen LogP contribution is 2.31. The largest absolute Gasteiger partial charge is 0.337 e. The lowest BCUT2D eigenvalue weighted by Crippen LogP contribution is -2.27. The third-order valence-corrected chi connectivity index (χ3v) is 6.47. The monoisotopic (exact) mass is 505 g/mol. The van der Waals surface area contributed by atoms with E-state index in [1.807, 2.05) is 42.6 Å². The molecular formula is C29H24FN7O. The quantitative estimate of drug-likeness (QED) is 0.346. The minimum atomic E-state index is -0.295. The van der Waals surface area contributed by atoms with Gasteiger partial charge in [-0.05, 0) is 24.3 Å². The molecule has 0 fully saturated rings. The molecule has 0 unspecified atom stereocenters. The fourth-order valence-electron chi connectivity index (χ4n) is 4.56. The van der Waals surface area contributed by atoms with E-state index in [-0.39, 0.29) is 11.8 Å². The van der Waals surface area contributed by atoms with E-state index in [1.165, 1.54) is 11.0 Å². The number of carbonyl (C=O) groups excluding carboxylic acids is 1. The number of aromatic amines is 1. The third kappa shape index (κ3) is 4.28. The first-order chi connectivity index (χ1) is 18.5. The van der Waals surface area contributed by atoms with E-state index in [0.29, 0.717) is 40.4 Å². The van der Waals surface area contributed by atoms with Crippen molar-refractivity contribution in [2.45, 2.75) is 6.42 Å². The van der Waals surface area contributed by atoms with Crippen LogP contribution in [0.1, 0.15) is 17.1 Å². The average Bonchev–Trinajstić information content (AvgIpc) is 3.37. The summed E-state index contributed by atoms with van der Waals surface area (Å²) in [4.78, 5) is 35.6. The molecule has 8 nitrogen and oxygen atoms in total. The highest BCUT2D eigenvalue weighted by molar-refractivity contribution is 6.14. The number of aliphatic imine (C=N–C) groups is 1. The minimum Gasteiger partial charge on any atom is -0.337 e. The lowest BCUT2D eigenvalue weighted by molar-refractivity contribution is 0.230. The van der Waals surface area contributed by atoms with Crippen molar-refractivity contribution in [3.8, 4) is 22.3 Å². The highest BCUT2D eigenvalue weighted by atomic mass is 19.1. The lowest BCUT2D eigenvalue weighted by atomic mass is 9.98. The van der Waals surface area contributed by atoms with Gasteiger partial charge in [-0.1, -0.05) is 30.3 Å². The van der Waals surface area contributed by atoms with Crippen LogP contribution in [0, 0.1) is 5.82 Å². The number of para-hydroxylation sites is 1. The van der Waals surface area contributed by atoms with E-state index >= 15 is 0 Å². The molecule has 0 spiro atoms. The van der Waals surface area contributed by atoms with Gasteiger partial charge in [0.2, 0.25) is 0 Å². The number of hydrogen-bond donors (Lipinski definition) is 2. The minimum absolute atomic E-state index is 0.235. The Kier molecular flexibility index (Phi) is 5.88. The van der Waals surface area contributed by atoms with Crippen LogP contribution < -0.4 is 5.32 Å². The molecule has 2 N–H and O–H groups in total. The number of H-pyrrole nitrogens is 1. The molecule has 188 valence electrons. The van der Waals surface area contributed by atoms with Gasteiger partial charge >= 0.3 is 6.03 Å². The fourth-order valence-corrected chi connectivity index (χ4v) is 4.56. The van der Waals surface area contributed by atoms with Crippen LogP contribution in [-0.4, -0.2) is 57.2 Å². The Morgan fingerprint density at radius 3 is 2.63 bits per heavy atom. The zero-order valence-electron chi connectivity index (χ0n) is 20.9. The van der Waals surface area contributed by atoms with Gasteiger partial charge in [0, 0.05) is 67.3 Å². The van der Waals surface area contributed by atoms with E-state index < -0.39 is 0 Å². The van der Waals surface area contributed by atoms with Gasteiger partial charge in [0.1, 0.15) is 11.5 Å². The predicted molar refractivity (Wildman–Crippen MR) is 146 cm³/mol. The molecule has 4 heterocycles. The lowest BCUT2D eigenvalue weighted by Gasteiger charge is -2.16. The molecule has 0 saturated carbocycles. The van der Waals surface area contributed by atoms with Crippen molar-refractivity contribution in [3.63, 3.8) is 0 Å². The Hall–Kier alpha value is -4.92. The molecule has 2 aromatic carbocycles. The van der Waals surface area contributed by atoms with Crippen LogP contribution in [0.25, 0.3) is 33.3 Å². The first-order valence-corrected chi connectivity index (χ1v) is 12.2. The van der Waals surface area contributed by atoms with Crippen LogP contribution >= 0.6 is 0 Å². The molecule has 6 rings (SSSR count). The van der Waals surface area contributed by atoms with Crippen molar-refractivity contribution < 1.29 is 9.18 Å². The van der Waals surface area contributed by atoms with Crippen LogP contribution in [0.15, 0.2) is 78.2 Å². The Morgan fingerprint density at radius 1 is 0.974 bits per heavy atom. The highest BCUT2D eigenvalue weighted by Gasteiger charge is 2.22. The summed E-state index contributed by atoms with van der Waals surface area (Å²) in [6.07, 6.45) is 5.86. The standard InChI is InChI=1S/C29H24FN7O/c1-37(2)29(38)34-19-12-17(14-31-16-19)18-13-22-24(33-15-18)10-11-32-27(22)28-35-25-9-5-7-21(26(25)36-28)20-6-3-4-8-23(20)30/h3-9,12-16H,10-11H2,1-2H3,(H,34,38)(H,35,36). The molecule has 0 atom stereocenters. The second kappa shape index (κ2) is 9.51. The zero-order valence-corrected chi connectivity index (χ0v) is 20.9. The molecule has 2 amide bonds. The summed E-state index contributed by atoms with van der Waals surface area (Å²) in [6.45, 7) is 0.597. The molecular weight excluding hydrogens is 481 g/mol. The number of fused-ring (bicyclic) bond motifs is 2. The molecule has 5 aromatic rings. The fraction of sp³-hybridized carbons (Fsp3) is 0.138. The van der Waals surface area contributed by atoms with Gasteiger partial charge in [-0.3, -0.25) is 15.0 Å². The maximum absolute atomic E-state index is 14.6. The van der Waals surface area contributed by atoms with Crippen LogP contribution in [0.2, 0.25) is 0 Å². The summed E-state index contributed by atoms with van der Waals surface area (Å²) in [6, 6.07) is 16.0. The topological polar surface area (TPSA) is 99.2 Å². The van der Waals surface area contributed by atoms with Crippen molar-refractivity contribution in [2.75, 3.05) is 26.0 Å². The number of hydrogen-bond acceptors (Lipinski definition) is 5. The Bertz CT molecular complexity index is 1720. The Morgan fingerprint density at radius 2 is 1.79 bits per heavy atom. The number of benzene rings is 2. The van der Waals surface area contributed by atoms with Crippen molar-refractivity contribution in [2.24, 2.45) is 4.99 Å². The number of nitrogens with one attached hydrogen (secondary N) is 2. The number of halogens is 1. The van der Waals surface area contributed by atoms with E-state index in [0.717, 1.165) is 34.3 Å². The second-order valence-electron chi connectivity index (χ2n) is 9.25. The van der Waals surface area contributed by atoms with Crippen molar-refractivity contribution in [1.29, 1.82) is 0 Å². The van der Waals surface area contributed by atoms with Crippen molar-refractivity contribution in [3.05, 3.63) is 96.1 Å². The predicted octanol–water partition coefficient (Wildman–Crippen LogP) is 5.31. The van der Waals surface area contributed by atoms with Gasteiger partial charge < -0.3 is 15.2 Å². The third-order valence-electron chi connectivity index (χ3n) is 6.47. The van der Waals surface area contributed by atoms with Crippen molar-refractivity contribution in [1.82, 2.24) is 24.8 Å². The van der Waals surface area contributed by atoms with Gasteiger partial charge in [-0.15, -0.1) is 0 Å². The second-order valence-corrected chi connectivity index (χ2v) is 9.25. The van der Waals surface area contributed by atoms with Gasteiger partial charge in [0.25, 0.3) is 0 Å². The number of anilines is 1. The van der Waals surface area contributed by atoms with Crippen LogP contribution in [0.3, 0.4) is 0 Å². The summed E-state index contributed by atoms with van der Waals surface area (Å²) in [5.41, 5.74) is 7.46. The summed E-state index contributed by atoms with van der Waals surface area (Å²) in [5, 5.41) is 2.82. The summed E-state index contributed by atoms with van der Waals surface area (Å²) < 4.78 is 14.6. The normalized spacial score (nSPS) is 12.7. The molecule has 3 aromatic heterocycles. The SMILES string of the molecule is CN(C)C(=O)Nc1cncc(-c2cnc3c(c2)C(c2nc4c(-c5ccccc5F)cccc4[nH]2)=NCC3)c1. The molecule has 0 radical (unpaired) electrons. The Balaban J connectivity index is 1.40. The van der Waals surface area contributed by atoms with Gasteiger partial charge in [-0.25, -0.2) is 14.2 Å². The average molecular weight is 506 g/mol. The first-order valence-electron chi connectivity index (χ1n) is 12.2.